The first-order valence-corrected chi connectivity index (χ1v) is 7.58. The molecule has 1 atom stereocenters. The van der Waals surface area contributed by atoms with Gasteiger partial charge in [-0.05, 0) is 31.7 Å². The van der Waals surface area contributed by atoms with Gasteiger partial charge in [-0.3, -0.25) is 4.79 Å². The molecule has 1 heterocycles. The molecule has 0 radical (unpaired) electrons. The molecule has 0 saturated heterocycles. The fourth-order valence-corrected chi connectivity index (χ4v) is 2.83. The maximum atomic E-state index is 12.1. The van der Waals surface area contributed by atoms with E-state index in [1.54, 1.807) is 0 Å². The summed E-state index contributed by atoms with van der Waals surface area (Å²) < 4.78 is 0. The van der Waals surface area contributed by atoms with Crippen LogP contribution in [-0.4, -0.2) is 23.7 Å². The molecule has 4 heteroatoms. The van der Waals surface area contributed by atoms with E-state index < -0.39 is 0 Å². The SMILES string of the molecule is CC(NC(=O)c1csc(C#CCCO)c1)C1CCC1. The minimum atomic E-state index is -0.00846. The van der Waals surface area contributed by atoms with E-state index in [4.69, 9.17) is 5.11 Å². The van der Waals surface area contributed by atoms with Crippen LogP contribution >= 0.6 is 11.3 Å². The van der Waals surface area contributed by atoms with E-state index in [1.165, 1.54) is 30.6 Å². The summed E-state index contributed by atoms with van der Waals surface area (Å²) in [7, 11) is 0. The topological polar surface area (TPSA) is 49.3 Å². The number of hydrogen-bond donors (Lipinski definition) is 2. The second-order valence-electron chi connectivity index (χ2n) is 4.93. The molecule has 0 bridgehead atoms. The molecule has 0 spiro atoms. The fourth-order valence-electron chi connectivity index (χ4n) is 2.07. The van der Waals surface area contributed by atoms with Crippen molar-refractivity contribution < 1.29 is 9.90 Å². The van der Waals surface area contributed by atoms with Gasteiger partial charge in [0.1, 0.15) is 0 Å². The number of aliphatic hydroxyl groups excluding tert-OH is 1. The Balaban J connectivity index is 1.90. The number of nitrogens with one attached hydrogen (secondary N) is 1. The highest BCUT2D eigenvalue weighted by Crippen LogP contribution is 2.29. The van der Waals surface area contributed by atoms with Crippen LogP contribution in [0.15, 0.2) is 11.4 Å². The lowest BCUT2D eigenvalue weighted by atomic mass is 9.80. The van der Waals surface area contributed by atoms with Crippen molar-refractivity contribution in [2.75, 3.05) is 6.61 Å². The number of carbonyl (C=O) groups excluding carboxylic acids is 1. The molecular formula is C15H19NO2S. The number of aliphatic hydroxyl groups is 1. The van der Waals surface area contributed by atoms with Gasteiger partial charge in [-0.15, -0.1) is 11.3 Å². The normalized spacial score (nSPS) is 16.1. The van der Waals surface area contributed by atoms with E-state index in [0.29, 0.717) is 17.9 Å². The lowest BCUT2D eigenvalue weighted by Crippen LogP contribution is -2.40. The van der Waals surface area contributed by atoms with Crippen LogP contribution in [0.1, 0.15) is 47.8 Å². The Morgan fingerprint density at radius 2 is 2.42 bits per heavy atom. The lowest BCUT2D eigenvalue weighted by Gasteiger charge is -2.31. The predicted molar refractivity (Wildman–Crippen MR) is 77.2 cm³/mol. The first-order chi connectivity index (χ1) is 9.20. The quantitative estimate of drug-likeness (QED) is 0.830. The van der Waals surface area contributed by atoms with E-state index in [-0.39, 0.29) is 18.6 Å². The van der Waals surface area contributed by atoms with Gasteiger partial charge in [-0.2, -0.15) is 0 Å². The maximum Gasteiger partial charge on any atom is 0.252 e. The Morgan fingerprint density at radius 1 is 1.63 bits per heavy atom. The van der Waals surface area contributed by atoms with E-state index in [0.717, 1.165) is 4.88 Å². The number of hydrogen-bond acceptors (Lipinski definition) is 3. The zero-order chi connectivity index (χ0) is 13.7. The van der Waals surface area contributed by atoms with Crippen LogP contribution in [-0.2, 0) is 0 Å². The Bertz CT molecular complexity index is 494. The average Bonchev–Trinajstić information content (AvgIpc) is 2.75. The van der Waals surface area contributed by atoms with Gasteiger partial charge in [0.05, 0.1) is 17.0 Å². The second-order valence-corrected chi connectivity index (χ2v) is 5.84. The summed E-state index contributed by atoms with van der Waals surface area (Å²) in [5, 5.41) is 13.6. The third kappa shape index (κ3) is 3.82. The lowest BCUT2D eigenvalue weighted by molar-refractivity contribution is 0.0909. The van der Waals surface area contributed by atoms with Gasteiger partial charge in [0.15, 0.2) is 0 Å². The van der Waals surface area contributed by atoms with Gasteiger partial charge in [-0.1, -0.05) is 18.3 Å². The number of rotatable bonds is 4. The molecule has 0 aromatic carbocycles. The van der Waals surface area contributed by atoms with Crippen molar-refractivity contribution in [1.82, 2.24) is 5.32 Å². The highest BCUT2D eigenvalue weighted by Gasteiger charge is 2.25. The Labute approximate surface area is 118 Å². The molecule has 1 aliphatic carbocycles. The molecule has 1 aromatic heterocycles. The predicted octanol–water partition coefficient (Wildman–Crippen LogP) is 2.40. The summed E-state index contributed by atoms with van der Waals surface area (Å²) in [5.74, 6) is 6.44. The highest BCUT2D eigenvalue weighted by molar-refractivity contribution is 7.10. The molecule has 1 aromatic rings. The maximum absolute atomic E-state index is 12.1. The molecule has 1 saturated carbocycles. The minimum absolute atomic E-state index is 0.00846. The van der Waals surface area contributed by atoms with Gasteiger partial charge >= 0.3 is 0 Å². The molecule has 1 unspecified atom stereocenters. The van der Waals surface area contributed by atoms with Crippen LogP contribution in [0, 0.1) is 17.8 Å². The molecule has 3 nitrogen and oxygen atoms in total. The Hall–Kier alpha value is -1.31. The molecule has 2 N–H and O–H groups in total. The van der Waals surface area contributed by atoms with Crippen molar-refractivity contribution in [3.8, 4) is 11.8 Å². The van der Waals surface area contributed by atoms with E-state index in [1.807, 2.05) is 11.4 Å². The van der Waals surface area contributed by atoms with E-state index in [9.17, 15) is 4.79 Å². The molecule has 1 amide bonds. The van der Waals surface area contributed by atoms with Crippen LogP contribution in [0.25, 0.3) is 0 Å². The van der Waals surface area contributed by atoms with Gasteiger partial charge in [-0.25, -0.2) is 0 Å². The molecule has 19 heavy (non-hydrogen) atoms. The molecule has 1 aliphatic rings. The largest absolute Gasteiger partial charge is 0.395 e. The van der Waals surface area contributed by atoms with Gasteiger partial charge in [0.2, 0.25) is 0 Å². The first kappa shape index (κ1) is 14.1. The molecule has 0 aliphatic heterocycles. The van der Waals surface area contributed by atoms with Gasteiger partial charge in [0, 0.05) is 17.8 Å². The third-order valence-electron chi connectivity index (χ3n) is 3.53. The van der Waals surface area contributed by atoms with Crippen LogP contribution in [0.5, 0.6) is 0 Å². The van der Waals surface area contributed by atoms with Crippen molar-refractivity contribution in [1.29, 1.82) is 0 Å². The van der Waals surface area contributed by atoms with E-state index in [2.05, 4.69) is 24.1 Å². The van der Waals surface area contributed by atoms with Crippen molar-refractivity contribution in [2.45, 2.75) is 38.6 Å². The summed E-state index contributed by atoms with van der Waals surface area (Å²) in [5.41, 5.74) is 0.685. The summed E-state index contributed by atoms with van der Waals surface area (Å²) in [4.78, 5) is 12.9. The highest BCUT2D eigenvalue weighted by atomic mass is 32.1. The molecular weight excluding hydrogens is 258 g/mol. The van der Waals surface area contributed by atoms with Crippen molar-refractivity contribution in [2.24, 2.45) is 5.92 Å². The minimum Gasteiger partial charge on any atom is -0.395 e. The first-order valence-electron chi connectivity index (χ1n) is 6.70. The van der Waals surface area contributed by atoms with Crippen LogP contribution < -0.4 is 5.32 Å². The number of carbonyl (C=O) groups is 1. The Morgan fingerprint density at radius 3 is 3.05 bits per heavy atom. The summed E-state index contributed by atoms with van der Waals surface area (Å²) in [6.45, 7) is 2.15. The van der Waals surface area contributed by atoms with Crippen LogP contribution in [0.2, 0.25) is 0 Å². The molecule has 1 fully saturated rings. The van der Waals surface area contributed by atoms with E-state index >= 15 is 0 Å². The smallest absolute Gasteiger partial charge is 0.252 e. The van der Waals surface area contributed by atoms with Crippen molar-refractivity contribution >= 4 is 17.2 Å². The van der Waals surface area contributed by atoms with Crippen molar-refractivity contribution in [3.63, 3.8) is 0 Å². The summed E-state index contributed by atoms with van der Waals surface area (Å²) >= 11 is 1.47. The number of thiophene rings is 1. The van der Waals surface area contributed by atoms with Crippen molar-refractivity contribution in [3.05, 3.63) is 21.9 Å². The average molecular weight is 277 g/mol. The standard InChI is InChI=1S/C15H19NO2S/c1-11(12-5-4-6-12)16-15(18)13-9-14(19-10-13)7-2-3-8-17/h9-12,17H,3-6,8H2,1H3,(H,16,18). The second kappa shape index (κ2) is 6.74. The van der Waals surface area contributed by atoms with Crippen LogP contribution in [0.4, 0.5) is 0 Å². The molecule has 102 valence electrons. The number of amides is 1. The van der Waals surface area contributed by atoms with Gasteiger partial charge < -0.3 is 10.4 Å². The molecule has 2 rings (SSSR count). The van der Waals surface area contributed by atoms with Crippen LogP contribution in [0.3, 0.4) is 0 Å². The zero-order valence-electron chi connectivity index (χ0n) is 11.1. The monoisotopic (exact) mass is 277 g/mol. The summed E-state index contributed by atoms with van der Waals surface area (Å²) in [6, 6.07) is 2.07. The van der Waals surface area contributed by atoms with Gasteiger partial charge in [0.25, 0.3) is 5.91 Å². The summed E-state index contributed by atoms with van der Waals surface area (Å²) in [6.07, 6.45) is 4.21. The third-order valence-corrected chi connectivity index (χ3v) is 4.37. The zero-order valence-corrected chi connectivity index (χ0v) is 11.9. The fraction of sp³-hybridized carbons (Fsp3) is 0.533. The Kier molecular flexibility index (Phi) is 5.00.